The molecule has 0 atom stereocenters. The zero-order chi connectivity index (χ0) is 14.8. The topological polar surface area (TPSA) is 99.4 Å². The van der Waals surface area contributed by atoms with Gasteiger partial charge in [0.2, 0.25) is 0 Å². The Morgan fingerprint density at radius 3 is 2.75 bits per heavy atom. The van der Waals surface area contributed by atoms with Crippen LogP contribution in [0.15, 0.2) is 48.0 Å². The van der Waals surface area contributed by atoms with Crippen molar-refractivity contribution in [3.8, 4) is 0 Å². The number of benzene rings is 1. The first-order chi connectivity index (χ1) is 9.45. The number of nitrogens with zero attached hydrogens (tertiary/aromatic N) is 2. The van der Waals surface area contributed by atoms with Gasteiger partial charge >= 0.3 is 10.1 Å². The van der Waals surface area contributed by atoms with E-state index in [2.05, 4.69) is 15.7 Å². The molecule has 2 aromatic rings. The molecule has 0 aliphatic heterocycles. The number of pyridine rings is 1. The molecule has 2 rings (SSSR count). The standard InChI is InChI=1S/C12H10N2O5S/c1-2-7-19-20(17,18)12-8-11(14(15)16)9-5-3-4-6-10(9)13-12/h2-6,8H,1,7H2. The smallest absolute Gasteiger partial charge is 0.261 e. The van der Waals surface area contributed by atoms with E-state index in [4.69, 9.17) is 0 Å². The molecule has 0 aliphatic rings. The van der Waals surface area contributed by atoms with Crippen LogP contribution in [0.4, 0.5) is 5.69 Å². The molecular formula is C12H10N2O5S. The number of fused-ring (bicyclic) bond motifs is 1. The van der Waals surface area contributed by atoms with E-state index in [-0.39, 0.29) is 23.2 Å². The fraction of sp³-hybridized carbons (Fsp3) is 0.0833. The Labute approximate surface area is 114 Å². The summed E-state index contributed by atoms with van der Waals surface area (Å²) in [7, 11) is -4.16. The third kappa shape index (κ3) is 2.65. The van der Waals surface area contributed by atoms with Crippen molar-refractivity contribution in [3.05, 3.63) is 53.1 Å². The highest BCUT2D eigenvalue weighted by molar-refractivity contribution is 7.86. The maximum atomic E-state index is 11.9. The van der Waals surface area contributed by atoms with Crippen molar-refractivity contribution >= 4 is 26.7 Å². The molecule has 0 fully saturated rings. The number of hydrogen-bond acceptors (Lipinski definition) is 6. The van der Waals surface area contributed by atoms with Gasteiger partial charge in [0.1, 0.15) is 0 Å². The predicted octanol–water partition coefficient (Wildman–Crippen LogP) is 2.03. The molecule has 0 spiro atoms. The lowest BCUT2D eigenvalue weighted by Crippen LogP contribution is -2.09. The lowest BCUT2D eigenvalue weighted by Gasteiger charge is -2.05. The molecule has 7 nitrogen and oxygen atoms in total. The van der Waals surface area contributed by atoms with Gasteiger partial charge < -0.3 is 0 Å². The number of hydrogen-bond donors (Lipinski definition) is 0. The SMILES string of the molecule is C=CCOS(=O)(=O)c1cc([N+](=O)[O-])c2ccccc2n1. The minimum atomic E-state index is -4.16. The lowest BCUT2D eigenvalue weighted by atomic mass is 10.2. The van der Waals surface area contributed by atoms with Gasteiger partial charge in [-0.05, 0) is 12.1 Å². The Hall–Kier alpha value is -2.32. The van der Waals surface area contributed by atoms with Crippen molar-refractivity contribution < 1.29 is 17.5 Å². The van der Waals surface area contributed by atoms with E-state index in [0.29, 0.717) is 0 Å². The summed E-state index contributed by atoms with van der Waals surface area (Å²) in [5, 5.41) is 10.8. The first-order valence-corrected chi connectivity index (χ1v) is 6.91. The summed E-state index contributed by atoms with van der Waals surface area (Å²) in [5.74, 6) is 0. The normalized spacial score (nSPS) is 11.4. The van der Waals surface area contributed by atoms with Crippen molar-refractivity contribution in [2.24, 2.45) is 0 Å². The Kier molecular flexibility index (Phi) is 3.77. The summed E-state index contributed by atoms with van der Waals surface area (Å²) in [6.07, 6.45) is 1.26. The summed E-state index contributed by atoms with van der Waals surface area (Å²) >= 11 is 0. The van der Waals surface area contributed by atoms with E-state index >= 15 is 0 Å². The molecule has 0 bridgehead atoms. The van der Waals surface area contributed by atoms with Crippen LogP contribution >= 0.6 is 0 Å². The molecule has 0 amide bonds. The summed E-state index contributed by atoms with van der Waals surface area (Å²) < 4.78 is 28.3. The van der Waals surface area contributed by atoms with Gasteiger partial charge in [-0.2, -0.15) is 8.42 Å². The van der Waals surface area contributed by atoms with Crippen molar-refractivity contribution in [1.29, 1.82) is 0 Å². The molecule has 8 heteroatoms. The van der Waals surface area contributed by atoms with Crippen molar-refractivity contribution in [3.63, 3.8) is 0 Å². The van der Waals surface area contributed by atoms with Gasteiger partial charge in [-0.3, -0.25) is 14.3 Å². The highest BCUT2D eigenvalue weighted by Crippen LogP contribution is 2.27. The molecule has 0 saturated carbocycles. The first-order valence-electron chi connectivity index (χ1n) is 5.50. The van der Waals surface area contributed by atoms with Crippen molar-refractivity contribution in [2.45, 2.75) is 5.03 Å². The molecule has 1 heterocycles. The van der Waals surface area contributed by atoms with E-state index in [1.54, 1.807) is 12.1 Å². The van der Waals surface area contributed by atoms with Gasteiger partial charge in [0.05, 0.1) is 28.5 Å². The largest absolute Gasteiger partial charge is 0.315 e. The van der Waals surface area contributed by atoms with Crippen LogP contribution in [0, 0.1) is 10.1 Å². The molecule has 0 N–H and O–H groups in total. The summed E-state index contributed by atoms with van der Waals surface area (Å²) in [6.45, 7) is 3.10. The van der Waals surface area contributed by atoms with E-state index < -0.39 is 20.1 Å². The Morgan fingerprint density at radius 1 is 1.40 bits per heavy atom. The third-order valence-electron chi connectivity index (χ3n) is 2.46. The minimum Gasteiger partial charge on any atom is -0.261 e. The monoisotopic (exact) mass is 294 g/mol. The highest BCUT2D eigenvalue weighted by Gasteiger charge is 2.23. The number of aromatic nitrogens is 1. The Morgan fingerprint density at radius 2 is 2.10 bits per heavy atom. The van der Waals surface area contributed by atoms with Crippen LogP contribution in [0.2, 0.25) is 0 Å². The van der Waals surface area contributed by atoms with Gasteiger partial charge in [-0.15, -0.1) is 6.58 Å². The maximum Gasteiger partial charge on any atom is 0.315 e. The minimum absolute atomic E-state index is 0.211. The molecule has 0 unspecified atom stereocenters. The van der Waals surface area contributed by atoms with Crippen LogP contribution in [0.1, 0.15) is 0 Å². The van der Waals surface area contributed by atoms with Gasteiger partial charge in [0.25, 0.3) is 5.69 Å². The fourth-order valence-corrected chi connectivity index (χ4v) is 2.47. The van der Waals surface area contributed by atoms with Gasteiger partial charge in [0.15, 0.2) is 5.03 Å². The van der Waals surface area contributed by atoms with Crippen LogP contribution < -0.4 is 0 Å². The zero-order valence-corrected chi connectivity index (χ0v) is 11.0. The molecule has 1 aromatic heterocycles. The quantitative estimate of drug-likeness (QED) is 0.362. The summed E-state index contributed by atoms with van der Waals surface area (Å²) in [5.41, 5.74) is -0.126. The highest BCUT2D eigenvalue weighted by atomic mass is 32.2. The summed E-state index contributed by atoms with van der Waals surface area (Å²) in [4.78, 5) is 14.3. The predicted molar refractivity (Wildman–Crippen MR) is 71.7 cm³/mol. The molecule has 104 valence electrons. The van der Waals surface area contributed by atoms with Crippen molar-refractivity contribution in [1.82, 2.24) is 4.98 Å². The second-order valence-corrected chi connectivity index (χ2v) is 5.34. The zero-order valence-electron chi connectivity index (χ0n) is 10.2. The molecule has 20 heavy (non-hydrogen) atoms. The second-order valence-electron chi connectivity index (χ2n) is 3.78. The summed E-state index contributed by atoms with van der Waals surface area (Å²) in [6, 6.07) is 7.11. The Balaban J connectivity index is 2.67. The van der Waals surface area contributed by atoms with Crippen LogP contribution in [-0.4, -0.2) is 24.9 Å². The van der Waals surface area contributed by atoms with E-state index in [0.717, 1.165) is 6.07 Å². The third-order valence-corrected chi connectivity index (χ3v) is 3.63. The van der Waals surface area contributed by atoms with Gasteiger partial charge in [-0.1, -0.05) is 18.2 Å². The average Bonchev–Trinajstić information content (AvgIpc) is 2.43. The fourth-order valence-electron chi connectivity index (χ4n) is 1.61. The number of rotatable bonds is 5. The van der Waals surface area contributed by atoms with Crippen LogP contribution in [-0.2, 0) is 14.3 Å². The second kappa shape index (κ2) is 5.35. The molecular weight excluding hydrogens is 284 g/mol. The van der Waals surface area contributed by atoms with Crippen LogP contribution in [0.3, 0.4) is 0 Å². The number of para-hydroxylation sites is 1. The van der Waals surface area contributed by atoms with E-state index in [1.807, 2.05) is 0 Å². The average molecular weight is 294 g/mol. The molecule has 0 radical (unpaired) electrons. The van der Waals surface area contributed by atoms with Gasteiger partial charge in [-0.25, -0.2) is 4.98 Å². The van der Waals surface area contributed by atoms with Crippen LogP contribution in [0.25, 0.3) is 10.9 Å². The first kappa shape index (κ1) is 14.1. The molecule has 1 aromatic carbocycles. The van der Waals surface area contributed by atoms with Gasteiger partial charge in [0, 0.05) is 0 Å². The Bertz CT molecular complexity index is 786. The molecule has 0 saturated heterocycles. The maximum absolute atomic E-state index is 11.9. The van der Waals surface area contributed by atoms with E-state index in [9.17, 15) is 18.5 Å². The van der Waals surface area contributed by atoms with E-state index in [1.165, 1.54) is 18.2 Å². The number of nitro groups is 1. The lowest BCUT2D eigenvalue weighted by molar-refractivity contribution is -0.383. The van der Waals surface area contributed by atoms with Crippen LogP contribution in [0.5, 0.6) is 0 Å². The molecule has 0 aliphatic carbocycles. The van der Waals surface area contributed by atoms with Crippen molar-refractivity contribution in [2.75, 3.05) is 6.61 Å².